The maximum absolute atomic E-state index is 15.5. The zero-order valence-corrected chi connectivity index (χ0v) is 16.2. The van der Waals surface area contributed by atoms with Gasteiger partial charge in [0.2, 0.25) is 5.67 Å². The molecule has 1 aromatic rings. The van der Waals surface area contributed by atoms with Gasteiger partial charge in [-0.1, -0.05) is 24.3 Å². The van der Waals surface area contributed by atoms with E-state index in [2.05, 4.69) is 6.58 Å². The van der Waals surface area contributed by atoms with Gasteiger partial charge in [0.25, 0.3) is 5.91 Å². The van der Waals surface area contributed by atoms with E-state index in [0.29, 0.717) is 37.2 Å². The molecule has 1 atom stereocenters. The lowest BCUT2D eigenvalue weighted by Crippen LogP contribution is -2.50. The fourth-order valence-corrected chi connectivity index (χ4v) is 3.83. The highest BCUT2D eigenvalue weighted by Crippen LogP contribution is 2.47. The number of likely N-dealkylation sites (tertiary alicyclic amines) is 1. The Morgan fingerprint density at radius 2 is 1.96 bits per heavy atom. The molecule has 1 saturated heterocycles. The highest BCUT2D eigenvalue weighted by molar-refractivity contribution is 6.07. The fraction of sp³-hybridized carbons (Fsp3) is 0.524. The number of carbonyl (C=O) groups excluding carboxylic acids is 2. The summed E-state index contributed by atoms with van der Waals surface area (Å²) in [6.45, 7) is 10.1. The lowest BCUT2D eigenvalue weighted by Gasteiger charge is -2.37. The summed E-state index contributed by atoms with van der Waals surface area (Å²) < 4.78 is 21.0. The van der Waals surface area contributed by atoms with Crippen LogP contribution in [0.4, 0.5) is 14.9 Å². The van der Waals surface area contributed by atoms with Crippen LogP contribution in [0.2, 0.25) is 0 Å². The third-order valence-corrected chi connectivity index (χ3v) is 5.06. The van der Waals surface area contributed by atoms with Crippen molar-refractivity contribution in [3.63, 3.8) is 0 Å². The highest BCUT2D eigenvalue weighted by atomic mass is 19.1. The second-order valence-corrected chi connectivity index (χ2v) is 8.18. The number of anilines is 1. The first-order valence-corrected chi connectivity index (χ1v) is 9.38. The van der Waals surface area contributed by atoms with Crippen LogP contribution in [-0.2, 0) is 15.2 Å². The molecule has 0 spiro atoms. The Hall–Kier alpha value is -2.37. The SMILES string of the molecule is C=CCC1(F)C(=O)N(C2CCN(C(=O)OC(C)(C)C)CC2)c2ccccc21. The van der Waals surface area contributed by atoms with Crippen molar-refractivity contribution in [1.29, 1.82) is 0 Å². The largest absolute Gasteiger partial charge is 0.444 e. The number of ether oxygens (including phenoxy) is 1. The number of hydrogen-bond donors (Lipinski definition) is 0. The topological polar surface area (TPSA) is 49.9 Å². The van der Waals surface area contributed by atoms with Gasteiger partial charge in [-0.2, -0.15) is 0 Å². The van der Waals surface area contributed by atoms with Crippen LogP contribution in [-0.4, -0.2) is 41.6 Å². The van der Waals surface area contributed by atoms with Crippen molar-refractivity contribution >= 4 is 17.7 Å². The average Bonchev–Trinajstić information content (AvgIpc) is 2.82. The first-order chi connectivity index (χ1) is 12.7. The molecule has 2 aliphatic heterocycles. The highest BCUT2D eigenvalue weighted by Gasteiger charge is 2.52. The molecule has 2 amide bonds. The van der Waals surface area contributed by atoms with Crippen LogP contribution in [0.25, 0.3) is 0 Å². The predicted octanol–water partition coefficient (Wildman–Crippen LogP) is 4.17. The number of amides is 2. The number of para-hydroxylation sites is 1. The summed E-state index contributed by atoms with van der Waals surface area (Å²) in [5.41, 5.74) is -1.57. The van der Waals surface area contributed by atoms with Crippen LogP contribution >= 0.6 is 0 Å². The minimum Gasteiger partial charge on any atom is -0.444 e. The summed E-state index contributed by atoms with van der Waals surface area (Å²) in [5.74, 6) is -0.528. The van der Waals surface area contributed by atoms with Gasteiger partial charge < -0.3 is 14.5 Å². The Morgan fingerprint density at radius 3 is 2.56 bits per heavy atom. The Labute approximate surface area is 159 Å². The van der Waals surface area contributed by atoms with Crippen LogP contribution in [0.5, 0.6) is 0 Å². The minimum atomic E-state index is -2.05. The molecule has 1 unspecified atom stereocenters. The number of benzene rings is 1. The van der Waals surface area contributed by atoms with Crippen LogP contribution < -0.4 is 4.90 Å². The number of halogens is 1. The number of fused-ring (bicyclic) bond motifs is 1. The van der Waals surface area contributed by atoms with Crippen molar-refractivity contribution in [2.75, 3.05) is 18.0 Å². The van der Waals surface area contributed by atoms with E-state index in [9.17, 15) is 9.59 Å². The number of carbonyl (C=O) groups is 2. The van der Waals surface area contributed by atoms with Crippen molar-refractivity contribution in [1.82, 2.24) is 4.90 Å². The summed E-state index contributed by atoms with van der Waals surface area (Å²) in [7, 11) is 0. The maximum atomic E-state index is 15.5. The standard InChI is InChI=1S/C21H27FN2O3/c1-5-12-21(22)16-8-6-7-9-17(16)24(18(21)25)15-10-13-23(14-11-15)19(26)27-20(2,3)4/h5-9,15H,1,10-14H2,2-4H3. The molecule has 27 heavy (non-hydrogen) atoms. The monoisotopic (exact) mass is 374 g/mol. The van der Waals surface area contributed by atoms with Gasteiger partial charge in [0.15, 0.2) is 0 Å². The van der Waals surface area contributed by atoms with Crippen molar-refractivity contribution < 1.29 is 18.7 Å². The van der Waals surface area contributed by atoms with E-state index in [1.807, 2.05) is 26.8 Å². The summed E-state index contributed by atoms with van der Waals surface area (Å²) in [5, 5.41) is 0. The van der Waals surface area contributed by atoms with Crippen molar-refractivity contribution in [3.05, 3.63) is 42.5 Å². The molecule has 3 rings (SSSR count). The number of piperidine rings is 1. The van der Waals surface area contributed by atoms with E-state index in [1.54, 1.807) is 28.0 Å². The number of hydrogen-bond acceptors (Lipinski definition) is 3. The molecule has 0 aromatic heterocycles. The van der Waals surface area contributed by atoms with Crippen molar-refractivity contribution in [2.45, 2.75) is 57.3 Å². The third kappa shape index (κ3) is 3.57. The van der Waals surface area contributed by atoms with E-state index in [0.717, 1.165) is 0 Å². The number of allylic oxidation sites excluding steroid dienone is 1. The van der Waals surface area contributed by atoms with Crippen LogP contribution in [0.1, 0.15) is 45.6 Å². The molecule has 2 heterocycles. The molecule has 2 aliphatic rings. The average molecular weight is 374 g/mol. The van der Waals surface area contributed by atoms with Crippen LogP contribution in [0.15, 0.2) is 36.9 Å². The molecule has 0 N–H and O–H groups in total. The van der Waals surface area contributed by atoms with Gasteiger partial charge in [0.1, 0.15) is 5.60 Å². The zero-order chi connectivity index (χ0) is 19.8. The Kier molecular flexibility index (Phi) is 5.02. The van der Waals surface area contributed by atoms with E-state index < -0.39 is 17.2 Å². The first kappa shape index (κ1) is 19.4. The first-order valence-electron chi connectivity index (χ1n) is 9.38. The van der Waals surface area contributed by atoms with Gasteiger partial charge in [-0.05, 0) is 39.7 Å². The smallest absolute Gasteiger partial charge is 0.410 e. The summed E-state index contributed by atoms with van der Waals surface area (Å²) in [4.78, 5) is 28.5. The lowest BCUT2D eigenvalue weighted by molar-refractivity contribution is -0.129. The van der Waals surface area contributed by atoms with Gasteiger partial charge in [-0.25, -0.2) is 9.18 Å². The molecular weight excluding hydrogens is 347 g/mol. The quantitative estimate of drug-likeness (QED) is 0.746. The zero-order valence-electron chi connectivity index (χ0n) is 16.2. The fourth-order valence-electron chi connectivity index (χ4n) is 3.83. The van der Waals surface area contributed by atoms with Crippen LogP contribution in [0.3, 0.4) is 0 Å². The van der Waals surface area contributed by atoms with Crippen molar-refractivity contribution in [2.24, 2.45) is 0 Å². The Bertz CT molecular complexity index is 750. The number of rotatable bonds is 3. The van der Waals surface area contributed by atoms with E-state index in [1.165, 1.54) is 6.08 Å². The van der Waals surface area contributed by atoms with E-state index >= 15 is 4.39 Å². The molecule has 146 valence electrons. The maximum Gasteiger partial charge on any atom is 0.410 e. The second kappa shape index (κ2) is 6.98. The number of alkyl halides is 1. The molecule has 1 aromatic carbocycles. The van der Waals surface area contributed by atoms with E-state index in [-0.39, 0.29) is 18.6 Å². The van der Waals surface area contributed by atoms with Gasteiger partial charge in [-0.15, -0.1) is 6.58 Å². The number of nitrogens with zero attached hydrogens (tertiary/aromatic N) is 2. The molecule has 6 heteroatoms. The molecule has 0 bridgehead atoms. The Morgan fingerprint density at radius 1 is 1.33 bits per heavy atom. The molecule has 1 fully saturated rings. The molecule has 5 nitrogen and oxygen atoms in total. The Balaban J connectivity index is 1.76. The van der Waals surface area contributed by atoms with Gasteiger partial charge >= 0.3 is 6.09 Å². The van der Waals surface area contributed by atoms with Gasteiger partial charge in [0, 0.05) is 31.1 Å². The molecular formula is C21H27FN2O3. The van der Waals surface area contributed by atoms with Gasteiger partial charge in [-0.3, -0.25) is 4.79 Å². The summed E-state index contributed by atoms with van der Waals surface area (Å²) in [6.07, 6.45) is 2.23. The molecule has 0 radical (unpaired) electrons. The van der Waals surface area contributed by atoms with Gasteiger partial charge in [0.05, 0.1) is 5.69 Å². The summed E-state index contributed by atoms with van der Waals surface area (Å²) >= 11 is 0. The molecule has 0 saturated carbocycles. The second-order valence-electron chi connectivity index (χ2n) is 8.18. The van der Waals surface area contributed by atoms with Crippen molar-refractivity contribution in [3.8, 4) is 0 Å². The van der Waals surface area contributed by atoms with E-state index in [4.69, 9.17) is 4.74 Å². The van der Waals surface area contributed by atoms with Crippen LogP contribution in [0, 0.1) is 0 Å². The minimum absolute atomic E-state index is 0.0455. The predicted molar refractivity (Wildman–Crippen MR) is 102 cm³/mol. The summed E-state index contributed by atoms with van der Waals surface area (Å²) in [6, 6.07) is 6.89. The lowest BCUT2D eigenvalue weighted by atomic mass is 9.94. The normalized spacial score (nSPS) is 23.3. The third-order valence-electron chi connectivity index (χ3n) is 5.06. The molecule has 0 aliphatic carbocycles.